The van der Waals surface area contributed by atoms with Crippen LogP contribution < -0.4 is 10.3 Å². The summed E-state index contributed by atoms with van der Waals surface area (Å²) < 4.78 is 0.875. The Hall–Kier alpha value is -2.74. The van der Waals surface area contributed by atoms with Gasteiger partial charge in [0.15, 0.2) is 0 Å². The maximum Gasteiger partial charge on any atom is 0.271 e. The van der Waals surface area contributed by atoms with Gasteiger partial charge >= 0.3 is 0 Å². The van der Waals surface area contributed by atoms with Crippen LogP contribution in [0.5, 0.6) is 0 Å². The number of carbonyl (C=O) groups is 1. The highest BCUT2D eigenvalue weighted by Gasteiger charge is 2.14. The molecule has 8 heteroatoms. The number of benzene rings is 2. The number of halogens is 1. The van der Waals surface area contributed by atoms with Gasteiger partial charge in [0.05, 0.1) is 11.1 Å². The Balaban J connectivity index is 2.24. The van der Waals surface area contributed by atoms with Crippen molar-refractivity contribution in [1.29, 1.82) is 0 Å². The third-order valence-electron chi connectivity index (χ3n) is 4.20. The van der Waals surface area contributed by atoms with E-state index < -0.39 is 4.92 Å². The first-order chi connectivity index (χ1) is 13.5. The van der Waals surface area contributed by atoms with E-state index >= 15 is 0 Å². The third-order valence-corrected chi connectivity index (χ3v) is 4.73. The average molecular weight is 447 g/mol. The van der Waals surface area contributed by atoms with E-state index in [-0.39, 0.29) is 11.6 Å². The van der Waals surface area contributed by atoms with Crippen molar-refractivity contribution in [2.75, 3.05) is 18.0 Å². The largest absolute Gasteiger partial charge is 0.371 e. The van der Waals surface area contributed by atoms with Crippen LogP contribution in [-0.2, 0) is 0 Å². The summed E-state index contributed by atoms with van der Waals surface area (Å²) in [7, 11) is 0. The van der Waals surface area contributed by atoms with Crippen LogP contribution in [0.4, 0.5) is 11.4 Å². The first-order valence-corrected chi connectivity index (χ1v) is 9.88. The molecular formula is C20H23BrN4O3. The van der Waals surface area contributed by atoms with E-state index in [1.165, 1.54) is 18.3 Å². The van der Waals surface area contributed by atoms with Crippen LogP contribution in [0.3, 0.4) is 0 Å². The van der Waals surface area contributed by atoms with E-state index in [0.29, 0.717) is 11.1 Å². The van der Waals surface area contributed by atoms with Crippen LogP contribution >= 0.6 is 15.9 Å². The number of non-ortho nitro benzene ring substituents is 1. The van der Waals surface area contributed by atoms with Gasteiger partial charge in [-0.05, 0) is 43.7 Å². The Bertz CT molecular complexity index is 853. The van der Waals surface area contributed by atoms with E-state index in [0.717, 1.165) is 36.1 Å². The lowest BCUT2D eigenvalue weighted by Crippen LogP contribution is -2.25. The zero-order valence-electron chi connectivity index (χ0n) is 15.9. The quantitative estimate of drug-likeness (QED) is 0.342. The minimum Gasteiger partial charge on any atom is -0.371 e. The van der Waals surface area contributed by atoms with Crippen molar-refractivity contribution in [3.05, 3.63) is 68.2 Å². The lowest BCUT2D eigenvalue weighted by atomic mass is 10.1. The highest BCUT2D eigenvalue weighted by Crippen LogP contribution is 2.24. The van der Waals surface area contributed by atoms with Crippen LogP contribution in [-0.4, -0.2) is 30.1 Å². The van der Waals surface area contributed by atoms with Crippen molar-refractivity contribution in [3.63, 3.8) is 0 Å². The van der Waals surface area contributed by atoms with Crippen molar-refractivity contribution in [3.8, 4) is 0 Å². The summed E-state index contributed by atoms with van der Waals surface area (Å²) in [4.78, 5) is 25.0. The maximum absolute atomic E-state index is 12.2. The number of nitro groups is 1. The van der Waals surface area contributed by atoms with Gasteiger partial charge in [0, 0.05) is 46.5 Å². The molecule has 7 nitrogen and oxygen atoms in total. The summed E-state index contributed by atoms with van der Waals surface area (Å²) in [6.07, 6.45) is 3.52. The smallest absolute Gasteiger partial charge is 0.271 e. The van der Waals surface area contributed by atoms with E-state index in [1.807, 2.05) is 6.92 Å². The molecule has 0 saturated carbocycles. The summed E-state index contributed by atoms with van der Waals surface area (Å²) in [5.74, 6) is -0.353. The number of hydrogen-bond donors (Lipinski definition) is 1. The minimum atomic E-state index is -0.441. The molecule has 148 valence electrons. The first kappa shape index (κ1) is 21.6. The van der Waals surface area contributed by atoms with Gasteiger partial charge in [0.2, 0.25) is 0 Å². The normalized spacial score (nSPS) is 10.8. The second-order valence-electron chi connectivity index (χ2n) is 6.14. The number of hydrazone groups is 1. The van der Waals surface area contributed by atoms with Crippen LogP contribution in [0, 0.1) is 10.1 Å². The molecule has 0 aliphatic carbocycles. The predicted molar refractivity (Wildman–Crippen MR) is 115 cm³/mol. The Labute approximate surface area is 172 Å². The number of hydrogen-bond acceptors (Lipinski definition) is 5. The molecule has 0 aliphatic rings. The predicted octanol–water partition coefficient (Wildman–Crippen LogP) is 4.75. The second kappa shape index (κ2) is 10.6. The maximum atomic E-state index is 12.2. The van der Waals surface area contributed by atoms with Crippen LogP contribution in [0.25, 0.3) is 0 Å². The van der Waals surface area contributed by atoms with E-state index in [9.17, 15) is 14.9 Å². The molecule has 2 aromatic rings. The molecule has 28 heavy (non-hydrogen) atoms. The van der Waals surface area contributed by atoms with Crippen molar-refractivity contribution in [2.45, 2.75) is 26.7 Å². The van der Waals surface area contributed by atoms with Gasteiger partial charge in [-0.25, -0.2) is 5.43 Å². The summed E-state index contributed by atoms with van der Waals surface area (Å²) >= 11 is 3.32. The van der Waals surface area contributed by atoms with Crippen LogP contribution in [0.2, 0.25) is 0 Å². The number of nitrogens with zero attached hydrogens (tertiary/aromatic N) is 3. The van der Waals surface area contributed by atoms with Gasteiger partial charge in [-0.3, -0.25) is 14.9 Å². The molecule has 0 radical (unpaired) electrons. The zero-order valence-corrected chi connectivity index (χ0v) is 17.5. The summed E-state index contributed by atoms with van der Waals surface area (Å²) in [5, 5.41) is 15.2. The Kier molecular flexibility index (Phi) is 8.13. The average Bonchev–Trinajstić information content (AvgIpc) is 2.69. The fourth-order valence-corrected chi connectivity index (χ4v) is 2.94. The van der Waals surface area contributed by atoms with Gasteiger partial charge in [-0.2, -0.15) is 5.10 Å². The fourth-order valence-electron chi connectivity index (χ4n) is 2.67. The van der Waals surface area contributed by atoms with Crippen molar-refractivity contribution >= 4 is 39.4 Å². The molecule has 1 N–H and O–H groups in total. The highest BCUT2D eigenvalue weighted by molar-refractivity contribution is 9.10. The molecule has 0 spiro atoms. The Morgan fingerprint density at radius 2 is 1.96 bits per heavy atom. The molecule has 0 saturated heterocycles. The number of rotatable bonds is 9. The van der Waals surface area contributed by atoms with E-state index in [2.05, 4.69) is 38.3 Å². The standard InChI is InChI=1S/C20H23BrN4O3/c1-3-5-12-24(4-2)19-11-10-18(25(27)28)13-16(19)14-22-23-20(26)15-6-8-17(21)9-7-15/h6-11,13-14H,3-5,12H2,1-2H3,(H,23,26)/b22-14+. The SMILES string of the molecule is CCCCN(CC)c1ccc([N+](=O)[O-])cc1/C=N/NC(=O)c1ccc(Br)cc1. The molecule has 0 unspecified atom stereocenters. The first-order valence-electron chi connectivity index (χ1n) is 9.08. The minimum absolute atomic E-state index is 0.0176. The molecule has 0 fully saturated rings. The fraction of sp³-hybridized carbons (Fsp3) is 0.300. The van der Waals surface area contributed by atoms with Crippen LogP contribution in [0.1, 0.15) is 42.6 Å². The topological polar surface area (TPSA) is 87.8 Å². The molecule has 0 aliphatic heterocycles. The third kappa shape index (κ3) is 5.88. The molecule has 0 bridgehead atoms. The molecular weight excluding hydrogens is 424 g/mol. The molecule has 2 aromatic carbocycles. The van der Waals surface area contributed by atoms with Gasteiger partial charge < -0.3 is 4.90 Å². The number of nitro benzene ring substituents is 1. The molecule has 1 amide bonds. The molecule has 0 atom stereocenters. The Morgan fingerprint density at radius 3 is 2.57 bits per heavy atom. The van der Waals surface area contributed by atoms with Gasteiger partial charge in [0.1, 0.15) is 0 Å². The van der Waals surface area contributed by atoms with Gasteiger partial charge in [-0.1, -0.05) is 29.3 Å². The Morgan fingerprint density at radius 1 is 1.25 bits per heavy atom. The number of unbranched alkanes of at least 4 members (excludes halogenated alkanes) is 1. The monoisotopic (exact) mass is 446 g/mol. The summed E-state index contributed by atoms with van der Waals surface area (Å²) in [6.45, 7) is 5.76. The van der Waals surface area contributed by atoms with E-state index in [1.54, 1.807) is 30.3 Å². The van der Waals surface area contributed by atoms with E-state index in [4.69, 9.17) is 0 Å². The van der Waals surface area contributed by atoms with Crippen molar-refractivity contribution in [2.24, 2.45) is 5.10 Å². The molecule has 0 heterocycles. The lowest BCUT2D eigenvalue weighted by Gasteiger charge is -2.24. The second-order valence-corrected chi connectivity index (χ2v) is 7.06. The van der Waals surface area contributed by atoms with Crippen molar-refractivity contribution in [1.82, 2.24) is 5.43 Å². The number of nitrogens with one attached hydrogen (secondary N) is 1. The number of carbonyl (C=O) groups excluding carboxylic acids is 1. The van der Waals surface area contributed by atoms with Crippen LogP contribution in [0.15, 0.2) is 52.0 Å². The summed E-state index contributed by atoms with van der Waals surface area (Å²) in [5.41, 5.74) is 4.36. The van der Waals surface area contributed by atoms with Crippen molar-refractivity contribution < 1.29 is 9.72 Å². The number of anilines is 1. The lowest BCUT2D eigenvalue weighted by molar-refractivity contribution is -0.384. The molecule has 2 rings (SSSR count). The highest BCUT2D eigenvalue weighted by atomic mass is 79.9. The van der Waals surface area contributed by atoms with Gasteiger partial charge in [-0.15, -0.1) is 0 Å². The van der Waals surface area contributed by atoms with Gasteiger partial charge in [0.25, 0.3) is 11.6 Å². The number of amides is 1. The molecule has 0 aromatic heterocycles. The summed E-state index contributed by atoms with van der Waals surface area (Å²) in [6, 6.07) is 11.6. The zero-order chi connectivity index (χ0) is 20.5.